The maximum atomic E-state index is 13.0. The first-order valence-corrected chi connectivity index (χ1v) is 9.67. The Hall–Kier alpha value is -1.93. The number of benzene rings is 1. The van der Waals surface area contributed by atoms with Crippen molar-refractivity contribution in [1.29, 1.82) is 0 Å². The SMILES string of the molecule is O=c1[nH]c(=O)c2cc(S(=O)(=O)N3CC4C5CCC(C5)C43)ccc2[nH]1. The second-order valence-corrected chi connectivity index (χ2v) is 9.07. The lowest BCUT2D eigenvalue weighted by Crippen LogP contribution is -2.60. The van der Waals surface area contributed by atoms with E-state index in [4.69, 9.17) is 0 Å². The normalized spacial score (nSPS) is 32.0. The standard InChI is InChI=1S/C16H17N3O4S/c20-15-11-6-10(3-4-13(11)17-16(21)18-15)24(22,23)19-7-12-8-1-2-9(5-8)14(12)19/h3-4,6,8-9,12,14H,1-2,5,7H2,(H2,17,18,20,21). The van der Waals surface area contributed by atoms with Crippen molar-refractivity contribution >= 4 is 20.9 Å². The molecule has 3 aliphatic rings. The fraction of sp³-hybridized carbons (Fsp3) is 0.500. The van der Waals surface area contributed by atoms with Crippen molar-refractivity contribution in [2.75, 3.05) is 6.54 Å². The first kappa shape index (κ1) is 14.4. The van der Waals surface area contributed by atoms with Gasteiger partial charge in [-0.3, -0.25) is 9.78 Å². The predicted molar refractivity (Wildman–Crippen MR) is 87.2 cm³/mol. The molecular formula is C16H17N3O4S. The predicted octanol–water partition coefficient (Wildman–Crippen LogP) is 0.635. The number of hydrogen-bond acceptors (Lipinski definition) is 4. The van der Waals surface area contributed by atoms with E-state index in [1.807, 2.05) is 0 Å². The van der Waals surface area contributed by atoms with Gasteiger partial charge in [0.2, 0.25) is 10.0 Å². The summed E-state index contributed by atoms with van der Waals surface area (Å²) in [6.45, 7) is 0.591. The van der Waals surface area contributed by atoms with E-state index in [0.717, 1.165) is 12.8 Å². The summed E-state index contributed by atoms with van der Waals surface area (Å²) < 4.78 is 27.6. The highest BCUT2D eigenvalue weighted by Gasteiger charge is 2.59. The van der Waals surface area contributed by atoms with Crippen molar-refractivity contribution in [2.24, 2.45) is 17.8 Å². The second-order valence-electron chi connectivity index (χ2n) is 7.18. The van der Waals surface area contributed by atoms with E-state index in [0.29, 0.717) is 29.8 Å². The zero-order valence-corrected chi connectivity index (χ0v) is 13.7. The number of nitrogens with zero attached hydrogens (tertiary/aromatic N) is 1. The summed E-state index contributed by atoms with van der Waals surface area (Å²) in [5.41, 5.74) is -0.841. The number of aromatic amines is 2. The molecular weight excluding hydrogens is 330 g/mol. The van der Waals surface area contributed by atoms with Crippen LogP contribution in [0.1, 0.15) is 19.3 Å². The lowest BCUT2D eigenvalue weighted by atomic mass is 9.79. The Morgan fingerprint density at radius 2 is 1.88 bits per heavy atom. The molecule has 2 saturated carbocycles. The van der Waals surface area contributed by atoms with Crippen LogP contribution in [0.25, 0.3) is 10.9 Å². The van der Waals surface area contributed by atoms with Crippen molar-refractivity contribution < 1.29 is 8.42 Å². The number of H-pyrrole nitrogens is 2. The van der Waals surface area contributed by atoms with Gasteiger partial charge in [0.1, 0.15) is 0 Å². The smallest absolute Gasteiger partial charge is 0.307 e. The van der Waals surface area contributed by atoms with Gasteiger partial charge in [-0.2, -0.15) is 4.31 Å². The average molecular weight is 347 g/mol. The number of sulfonamides is 1. The molecule has 8 heteroatoms. The second kappa shape index (κ2) is 4.58. The molecule has 5 rings (SSSR count). The van der Waals surface area contributed by atoms with Crippen molar-refractivity contribution in [2.45, 2.75) is 30.2 Å². The van der Waals surface area contributed by atoms with Gasteiger partial charge in [-0.05, 0) is 55.2 Å². The van der Waals surface area contributed by atoms with E-state index in [2.05, 4.69) is 9.97 Å². The third kappa shape index (κ3) is 1.78. The molecule has 1 aliphatic heterocycles. The quantitative estimate of drug-likeness (QED) is 0.832. The molecule has 0 spiro atoms. The van der Waals surface area contributed by atoms with Crippen LogP contribution in [0.2, 0.25) is 0 Å². The van der Waals surface area contributed by atoms with Gasteiger partial charge < -0.3 is 4.98 Å². The number of rotatable bonds is 2. The van der Waals surface area contributed by atoms with E-state index in [1.165, 1.54) is 24.6 Å². The third-order valence-electron chi connectivity index (χ3n) is 6.08. The zero-order valence-electron chi connectivity index (χ0n) is 12.9. The molecule has 2 bridgehead atoms. The number of nitrogens with one attached hydrogen (secondary N) is 2. The maximum Gasteiger partial charge on any atom is 0.326 e. The molecule has 126 valence electrons. The van der Waals surface area contributed by atoms with Gasteiger partial charge in [0, 0.05) is 12.6 Å². The minimum absolute atomic E-state index is 0.119. The molecule has 7 nitrogen and oxygen atoms in total. The summed E-state index contributed by atoms with van der Waals surface area (Å²) in [4.78, 5) is 28.0. The molecule has 2 N–H and O–H groups in total. The van der Waals surface area contributed by atoms with Gasteiger partial charge in [-0.1, -0.05) is 0 Å². The fourth-order valence-electron chi connectivity index (χ4n) is 4.98. The minimum atomic E-state index is -3.61. The highest BCUT2D eigenvalue weighted by Crippen LogP contribution is 2.56. The summed E-state index contributed by atoms with van der Waals surface area (Å²) in [5, 5.41) is 0.181. The molecule has 2 aliphatic carbocycles. The molecule has 1 saturated heterocycles. The van der Waals surface area contributed by atoms with Crippen molar-refractivity contribution in [1.82, 2.24) is 14.3 Å². The molecule has 0 amide bonds. The molecule has 0 radical (unpaired) electrons. The number of fused-ring (bicyclic) bond motifs is 6. The van der Waals surface area contributed by atoms with Gasteiger partial charge in [0.25, 0.3) is 5.56 Å². The van der Waals surface area contributed by atoms with Crippen molar-refractivity contribution in [3.8, 4) is 0 Å². The van der Waals surface area contributed by atoms with E-state index in [-0.39, 0.29) is 16.3 Å². The topological polar surface area (TPSA) is 103 Å². The van der Waals surface area contributed by atoms with Crippen molar-refractivity contribution in [3.05, 3.63) is 39.0 Å². The van der Waals surface area contributed by atoms with E-state index >= 15 is 0 Å². The molecule has 1 aromatic heterocycles. The van der Waals surface area contributed by atoms with Crippen LogP contribution < -0.4 is 11.2 Å². The first-order valence-electron chi connectivity index (χ1n) is 8.23. The van der Waals surface area contributed by atoms with Crippen molar-refractivity contribution in [3.63, 3.8) is 0 Å². The third-order valence-corrected chi connectivity index (χ3v) is 7.94. The largest absolute Gasteiger partial charge is 0.326 e. The van der Waals surface area contributed by atoms with E-state index in [1.54, 1.807) is 4.31 Å². The summed E-state index contributed by atoms with van der Waals surface area (Å²) in [5.74, 6) is 1.69. The molecule has 2 heterocycles. The summed E-state index contributed by atoms with van der Waals surface area (Å²) >= 11 is 0. The first-order chi connectivity index (χ1) is 11.4. The van der Waals surface area contributed by atoms with Crippen LogP contribution in [-0.4, -0.2) is 35.3 Å². The van der Waals surface area contributed by atoms with Gasteiger partial charge in [0.15, 0.2) is 0 Å². The molecule has 4 unspecified atom stereocenters. The van der Waals surface area contributed by atoms with Crippen LogP contribution in [0.5, 0.6) is 0 Å². The van der Waals surface area contributed by atoms with E-state index < -0.39 is 21.3 Å². The summed E-state index contributed by atoms with van der Waals surface area (Å²) in [7, 11) is -3.61. The van der Waals surface area contributed by atoms with Gasteiger partial charge in [-0.25, -0.2) is 13.2 Å². The molecule has 1 aromatic carbocycles. The van der Waals surface area contributed by atoms with Gasteiger partial charge >= 0.3 is 5.69 Å². The van der Waals surface area contributed by atoms with Crippen LogP contribution in [-0.2, 0) is 10.0 Å². The maximum absolute atomic E-state index is 13.0. The van der Waals surface area contributed by atoms with E-state index in [9.17, 15) is 18.0 Å². The summed E-state index contributed by atoms with van der Waals surface area (Å²) in [6.07, 6.45) is 3.51. The van der Waals surface area contributed by atoms with Crippen LogP contribution in [0.15, 0.2) is 32.7 Å². The van der Waals surface area contributed by atoms with Crippen LogP contribution >= 0.6 is 0 Å². The van der Waals surface area contributed by atoms with Crippen LogP contribution in [0.4, 0.5) is 0 Å². The van der Waals surface area contributed by atoms with Crippen LogP contribution in [0, 0.1) is 17.8 Å². The molecule has 3 fully saturated rings. The Balaban J connectivity index is 1.57. The monoisotopic (exact) mass is 347 g/mol. The Labute approximate surface area is 137 Å². The Morgan fingerprint density at radius 1 is 1.08 bits per heavy atom. The molecule has 2 aromatic rings. The minimum Gasteiger partial charge on any atom is -0.307 e. The number of aromatic nitrogens is 2. The highest BCUT2D eigenvalue weighted by atomic mass is 32.2. The highest BCUT2D eigenvalue weighted by molar-refractivity contribution is 7.89. The zero-order chi connectivity index (χ0) is 16.6. The Morgan fingerprint density at radius 3 is 2.67 bits per heavy atom. The van der Waals surface area contributed by atoms with Crippen LogP contribution in [0.3, 0.4) is 0 Å². The Kier molecular flexibility index (Phi) is 2.75. The number of hydrogen-bond donors (Lipinski definition) is 2. The Bertz CT molecular complexity index is 1070. The molecule has 24 heavy (non-hydrogen) atoms. The molecule has 4 atom stereocenters. The summed E-state index contributed by atoms with van der Waals surface area (Å²) in [6, 6.07) is 4.45. The lowest BCUT2D eigenvalue weighted by molar-refractivity contribution is 0.0507. The average Bonchev–Trinajstić information content (AvgIpc) is 3.02. The van der Waals surface area contributed by atoms with Gasteiger partial charge in [0.05, 0.1) is 15.8 Å². The van der Waals surface area contributed by atoms with Gasteiger partial charge in [-0.15, -0.1) is 0 Å². The lowest BCUT2D eigenvalue weighted by Gasteiger charge is -2.49. The fourth-order valence-corrected chi connectivity index (χ4v) is 6.77.